The molecule has 0 aliphatic carbocycles. The first-order chi connectivity index (χ1) is 10.9. The number of rotatable bonds is 6. The summed E-state index contributed by atoms with van der Waals surface area (Å²) in [5, 5.41) is 4.45. The van der Waals surface area contributed by atoms with Crippen molar-refractivity contribution in [1.82, 2.24) is 14.7 Å². The average molecular weight is 314 g/mol. The highest BCUT2D eigenvalue weighted by molar-refractivity contribution is 5.95. The van der Waals surface area contributed by atoms with Crippen LogP contribution < -0.4 is 5.73 Å². The molecule has 0 fully saturated rings. The lowest BCUT2D eigenvalue weighted by atomic mass is 10.0. The zero-order valence-electron chi connectivity index (χ0n) is 14.4. The number of carbonyl (C=O) groups excluding carboxylic acids is 1. The van der Waals surface area contributed by atoms with E-state index in [9.17, 15) is 4.79 Å². The molecule has 1 atom stereocenters. The quantitative estimate of drug-likeness (QED) is 0.891. The number of aromatic nitrogens is 2. The number of hydrogen-bond donors (Lipinski definition) is 1. The van der Waals surface area contributed by atoms with Crippen LogP contribution in [-0.2, 0) is 0 Å². The molecule has 0 bridgehead atoms. The van der Waals surface area contributed by atoms with Crippen molar-refractivity contribution in [2.45, 2.75) is 33.2 Å². The summed E-state index contributed by atoms with van der Waals surface area (Å²) in [5.41, 5.74) is 8.37. The van der Waals surface area contributed by atoms with Gasteiger partial charge < -0.3 is 10.6 Å². The highest BCUT2D eigenvalue weighted by Gasteiger charge is 2.19. The second kappa shape index (κ2) is 7.42. The van der Waals surface area contributed by atoms with Crippen LogP contribution in [0.15, 0.2) is 36.5 Å². The average Bonchev–Trinajstić information content (AvgIpc) is 2.94. The Hall–Kier alpha value is -2.14. The van der Waals surface area contributed by atoms with Gasteiger partial charge in [0.15, 0.2) is 0 Å². The number of aryl methyl sites for hydroxylation is 1. The fourth-order valence-electron chi connectivity index (χ4n) is 2.37. The van der Waals surface area contributed by atoms with Gasteiger partial charge in [-0.2, -0.15) is 5.10 Å². The van der Waals surface area contributed by atoms with Crippen LogP contribution in [0.4, 0.5) is 0 Å². The number of para-hydroxylation sites is 1. The highest BCUT2D eigenvalue weighted by Crippen LogP contribution is 2.14. The Balaban J connectivity index is 2.09. The largest absolute Gasteiger partial charge is 0.342 e. The van der Waals surface area contributed by atoms with Crippen LogP contribution in [-0.4, -0.2) is 40.2 Å². The summed E-state index contributed by atoms with van der Waals surface area (Å²) < 4.78 is 1.75. The molecule has 2 aromatic rings. The number of hydrogen-bond acceptors (Lipinski definition) is 3. The number of nitrogens with two attached hydrogens (primary N) is 1. The second-order valence-electron chi connectivity index (χ2n) is 6.33. The minimum atomic E-state index is -0.0133. The lowest BCUT2D eigenvalue weighted by Crippen LogP contribution is -2.34. The van der Waals surface area contributed by atoms with Gasteiger partial charge in [0.1, 0.15) is 0 Å². The van der Waals surface area contributed by atoms with Gasteiger partial charge in [-0.3, -0.25) is 4.79 Å². The summed E-state index contributed by atoms with van der Waals surface area (Å²) in [7, 11) is 1.81. The smallest absolute Gasteiger partial charge is 0.257 e. The van der Waals surface area contributed by atoms with Crippen molar-refractivity contribution in [2.75, 3.05) is 13.6 Å². The minimum absolute atomic E-state index is 0.0133. The van der Waals surface area contributed by atoms with Gasteiger partial charge in [0.25, 0.3) is 5.91 Å². The lowest BCUT2D eigenvalue weighted by molar-refractivity contribution is 0.0788. The molecule has 0 saturated carbocycles. The Bertz CT molecular complexity index is 648. The second-order valence-corrected chi connectivity index (χ2v) is 6.33. The van der Waals surface area contributed by atoms with Crippen LogP contribution in [0.1, 0.15) is 36.3 Å². The monoisotopic (exact) mass is 314 g/mol. The van der Waals surface area contributed by atoms with Gasteiger partial charge in [-0.05, 0) is 31.4 Å². The van der Waals surface area contributed by atoms with E-state index in [1.54, 1.807) is 15.8 Å². The summed E-state index contributed by atoms with van der Waals surface area (Å²) in [5.74, 6) is 0.404. The molecule has 0 aliphatic heterocycles. The molecule has 23 heavy (non-hydrogen) atoms. The first-order valence-electron chi connectivity index (χ1n) is 8.03. The van der Waals surface area contributed by atoms with E-state index in [2.05, 4.69) is 18.9 Å². The summed E-state index contributed by atoms with van der Waals surface area (Å²) >= 11 is 0. The van der Waals surface area contributed by atoms with E-state index < -0.39 is 0 Å². The Morgan fingerprint density at radius 1 is 1.30 bits per heavy atom. The Labute approximate surface area is 138 Å². The van der Waals surface area contributed by atoms with Crippen molar-refractivity contribution in [3.05, 3.63) is 47.8 Å². The van der Waals surface area contributed by atoms with Crippen molar-refractivity contribution in [1.29, 1.82) is 0 Å². The van der Waals surface area contributed by atoms with Crippen LogP contribution in [0.5, 0.6) is 0 Å². The van der Waals surface area contributed by atoms with Gasteiger partial charge in [-0.25, -0.2) is 4.68 Å². The summed E-state index contributed by atoms with van der Waals surface area (Å²) in [4.78, 5) is 14.3. The molecule has 2 N–H and O–H groups in total. The highest BCUT2D eigenvalue weighted by atomic mass is 16.2. The Morgan fingerprint density at radius 2 is 1.96 bits per heavy atom. The van der Waals surface area contributed by atoms with Crippen LogP contribution in [0.3, 0.4) is 0 Å². The third kappa shape index (κ3) is 4.20. The van der Waals surface area contributed by atoms with Crippen LogP contribution in [0.2, 0.25) is 0 Å². The molecule has 5 heteroatoms. The van der Waals surface area contributed by atoms with Crippen LogP contribution in [0.25, 0.3) is 5.69 Å². The van der Waals surface area contributed by atoms with Crippen LogP contribution in [0, 0.1) is 12.8 Å². The van der Waals surface area contributed by atoms with Crippen molar-refractivity contribution in [3.63, 3.8) is 0 Å². The van der Waals surface area contributed by atoms with Crippen molar-refractivity contribution in [3.8, 4) is 5.69 Å². The van der Waals surface area contributed by atoms with E-state index in [0.717, 1.165) is 17.8 Å². The molecule has 0 radical (unpaired) electrons. The van der Waals surface area contributed by atoms with Gasteiger partial charge in [0, 0.05) is 25.8 Å². The lowest BCUT2D eigenvalue weighted by Gasteiger charge is -2.21. The summed E-state index contributed by atoms with van der Waals surface area (Å²) in [6.45, 7) is 6.70. The van der Waals surface area contributed by atoms with E-state index in [-0.39, 0.29) is 11.9 Å². The number of benzene rings is 1. The molecular weight excluding hydrogens is 288 g/mol. The van der Waals surface area contributed by atoms with Crippen LogP contribution >= 0.6 is 0 Å². The SMILES string of the molecule is Cc1nn(-c2ccccc2)cc1C(=O)N(C)CCC(N)C(C)C. The molecule has 1 heterocycles. The number of carbonyl (C=O) groups is 1. The van der Waals surface area contributed by atoms with Gasteiger partial charge in [0.05, 0.1) is 16.9 Å². The first-order valence-corrected chi connectivity index (χ1v) is 8.03. The predicted molar refractivity (Wildman–Crippen MR) is 92.7 cm³/mol. The molecule has 0 aliphatic rings. The Kier molecular flexibility index (Phi) is 5.55. The van der Waals surface area contributed by atoms with Gasteiger partial charge in [-0.1, -0.05) is 32.0 Å². The standard InChI is InChI=1S/C18H26N4O/c1-13(2)17(19)10-11-21(4)18(23)16-12-22(20-14(16)3)15-8-6-5-7-9-15/h5-9,12-13,17H,10-11,19H2,1-4H3. The number of nitrogens with zero attached hydrogens (tertiary/aromatic N) is 3. The van der Waals surface area contributed by atoms with E-state index in [0.29, 0.717) is 18.0 Å². The normalized spacial score (nSPS) is 12.4. The topological polar surface area (TPSA) is 64.2 Å². The van der Waals surface area contributed by atoms with Crippen molar-refractivity contribution in [2.24, 2.45) is 11.7 Å². The fraction of sp³-hybridized carbons (Fsp3) is 0.444. The van der Waals surface area contributed by atoms with Crippen molar-refractivity contribution < 1.29 is 4.79 Å². The molecule has 1 aromatic carbocycles. The molecule has 1 unspecified atom stereocenters. The molecule has 0 saturated heterocycles. The van der Waals surface area contributed by atoms with E-state index in [1.165, 1.54) is 0 Å². The maximum absolute atomic E-state index is 12.6. The fourth-order valence-corrected chi connectivity index (χ4v) is 2.37. The molecule has 5 nitrogen and oxygen atoms in total. The maximum atomic E-state index is 12.6. The summed E-state index contributed by atoms with van der Waals surface area (Å²) in [6.07, 6.45) is 2.59. The van der Waals surface area contributed by atoms with Gasteiger partial charge in [0.2, 0.25) is 0 Å². The zero-order chi connectivity index (χ0) is 17.0. The number of amides is 1. The van der Waals surface area contributed by atoms with E-state index >= 15 is 0 Å². The minimum Gasteiger partial charge on any atom is -0.342 e. The molecule has 1 amide bonds. The van der Waals surface area contributed by atoms with Crippen molar-refractivity contribution >= 4 is 5.91 Å². The zero-order valence-corrected chi connectivity index (χ0v) is 14.4. The molecular formula is C18H26N4O. The predicted octanol–water partition coefficient (Wildman–Crippen LogP) is 2.63. The van der Waals surface area contributed by atoms with E-state index in [4.69, 9.17) is 5.73 Å². The first kappa shape index (κ1) is 17.2. The third-order valence-electron chi connectivity index (χ3n) is 4.15. The van der Waals surface area contributed by atoms with E-state index in [1.807, 2.05) is 44.3 Å². The molecule has 2 rings (SSSR count). The van der Waals surface area contributed by atoms with Gasteiger partial charge in [-0.15, -0.1) is 0 Å². The summed E-state index contributed by atoms with van der Waals surface area (Å²) in [6, 6.07) is 9.90. The Morgan fingerprint density at radius 3 is 2.57 bits per heavy atom. The maximum Gasteiger partial charge on any atom is 0.257 e. The third-order valence-corrected chi connectivity index (χ3v) is 4.15. The molecule has 0 spiro atoms. The molecule has 1 aromatic heterocycles. The molecule has 124 valence electrons. The van der Waals surface area contributed by atoms with Gasteiger partial charge >= 0.3 is 0 Å².